The summed E-state index contributed by atoms with van der Waals surface area (Å²) in [5.74, 6) is -0.187. The van der Waals surface area contributed by atoms with Gasteiger partial charge in [0.2, 0.25) is 0 Å². The number of carbonyl (C=O) groups excluding carboxylic acids is 1. The third-order valence-corrected chi connectivity index (χ3v) is 3.45. The summed E-state index contributed by atoms with van der Waals surface area (Å²) in [4.78, 5) is 14.1. The third-order valence-electron chi connectivity index (χ3n) is 3.45. The molecule has 19 heavy (non-hydrogen) atoms. The monoisotopic (exact) mass is 266 g/mol. The highest BCUT2D eigenvalue weighted by molar-refractivity contribution is 5.99. The molecule has 1 fully saturated rings. The average molecular weight is 266 g/mol. The van der Waals surface area contributed by atoms with Gasteiger partial charge in [-0.25, -0.2) is 4.39 Å². The second kappa shape index (κ2) is 6.02. The normalized spacial score (nSPS) is 19.5. The molecule has 1 amide bonds. The molecule has 1 aliphatic heterocycles. The first-order valence-corrected chi connectivity index (χ1v) is 6.45. The highest BCUT2D eigenvalue weighted by Crippen LogP contribution is 2.21. The van der Waals surface area contributed by atoms with Crippen LogP contribution < -0.4 is 5.73 Å². The van der Waals surface area contributed by atoms with E-state index in [2.05, 4.69) is 0 Å². The number of nitrogens with zero attached hydrogens (tertiary/aromatic N) is 1. The molecule has 1 aromatic rings. The van der Waals surface area contributed by atoms with Crippen LogP contribution in [-0.4, -0.2) is 37.6 Å². The molecule has 0 aromatic heterocycles. The van der Waals surface area contributed by atoms with Gasteiger partial charge in [-0.1, -0.05) is 0 Å². The van der Waals surface area contributed by atoms with E-state index in [1.54, 1.807) is 12.0 Å². The van der Waals surface area contributed by atoms with Gasteiger partial charge < -0.3 is 15.4 Å². The van der Waals surface area contributed by atoms with Crippen LogP contribution >= 0.6 is 0 Å². The lowest BCUT2D eigenvalue weighted by atomic mass is 9.98. The fourth-order valence-electron chi connectivity index (χ4n) is 2.52. The molecule has 1 atom stereocenters. The van der Waals surface area contributed by atoms with Crippen molar-refractivity contribution in [3.8, 4) is 0 Å². The first-order valence-electron chi connectivity index (χ1n) is 6.45. The molecule has 2 N–H and O–H groups in total. The minimum atomic E-state index is -0.426. The molecule has 1 aliphatic rings. The number of nitrogens with two attached hydrogens (primary N) is 1. The van der Waals surface area contributed by atoms with E-state index in [1.807, 2.05) is 0 Å². The van der Waals surface area contributed by atoms with E-state index in [1.165, 1.54) is 18.2 Å². The quantitative estimate of drug-likeness (QED) is 0.850. The van der Waals surface area contributed by atoms with Gasteiger partial charge in [-0.2, -0.15) is 0 Å². The Hall–Kier alpha value is -1.62. The van der Waals surface area contributed by atoms with E-state index in [0.29, 0.717) is 24.6 Å². The predicted molar refractivity (Wildman–Crippen MR) is 71.3 cm³/mol. The average Bonchev–Trinajstić information content (AvgIpc) is 2.39. The predicted octanol–water partition coefficient (Wildman–Crippen LogP) is 1.91. The van der Waals surface area contributed by atoms with Crippen molar-refractivity contribution in [2.45, 2.75) is 12.8 Å². The van der Waals surface area contributed by atoms with Crippen LogP contribution in [0.5, 0.6) is 0 Å². The second-order valence-corrected chi connectivity index (χ2v) is 4.95. The summed E-state index contributed by atoms with van der Waals surface area (Å²) in [6, 6.07) is 3.90. The van der Waals surface area contributed by atoms with E-state index in [4.69, 9.17) is 10.5 Å². The molecule has 0 radical (unpaired) electrons. The number of halogens is 1. The molecule has 1 aromatic carbocycles. The Morgan fingerprint density at radius 2 is 2.37 bits per heavy atom. The lowest BCUT2D eigenvalue weighted by Gasteiger charge is -2.32. The number of likely N-dealkylation sites (tertiary alicyclic amines) is 1. The number of piperidine rings is 1. The first-order chi connectivity index (χ1) is 9.11. The number of methoxy groups -OCH3 is 1. The van der Waals surface area contributed by atoms with Crippen molar-refractivity contribution < 1.29 is 13.9 Å². The Morgan fingerprint density at radius 3 is 3.05 bits per heavy atom. The van der Waals surface area contributed by atoms with Crippen molar-refractivity contribution in [3.63, 3.8) is 0 Å². The van der Waals surface area contributed by atoms with E-state index in [0.717, 1.165) is 19.4 Å². The van der Waals surface area contributed by atoms with E-state index < -0.39 is 5.82 Å². The third kappa shape index (κ3) is 3.23. The number of nitrogen functional groups attached to an aromatic ring is 1. The van der Waals surface area contributed by atoms with Crippen molar-refractivity contribution >= 4 is 11.6 Å². The number of rotatable bonds is 3. The molecule has 2 rings (SSSR count). The Labute approximate surface area is 112 Å². The fraction of sp³-hybridized carbons (Fsp3) is 0.500. The van der Waals surface area contributed by atoms with Crippen LogP contribution in [0.15, 0.2) is 18.2 Å². The summed E-state index contributed by atoms with van der Waals surface area (Å²) >= 11 is 0. The molecule has 0 bridgehead atoms. The maximum Gasteiger partial charge on any atom is 0.255 e. The standard InChI is InChI=1S/C14H19FN2O2/c1-19-9-10-3-2-6-17(8-10)14(18)12-5-4-11(15)7-13(12)16/h4-5,7,10H,2-3,6,8-9,16H2,1H3. The first kappa shape index (κ1) is 13.8. The molecular formula is C14H19FN2O2. The fourth-order valence-corrected chi connectivity index (χ4v) is 2.52. The number of ether oxygens (including phenoxy) is 1. The molecular weight excluding hydrogens is 247 g/mol. The van der Waals surface area contributed by atoms with Crippen molar-refractivity contribution in [1.82, 2.24) is 4.90 Å². The zero-order valence-corrected chi connectivity index (χ0v) is 11.1. The summed E-state index contributed by atoms with van der Waals surface area (Å²) in [5, 5.41) is 0. The van der Waals surface area contributed by atoms with Crippen molar-refractivity contribution in [3.05, 3.63) is 29.6 Å². The van der Waals surface area contributed by atoms with Gasteiger partial charge in [0.25, 0.3) is 5.91 Å². The van der Waals surface area contributed by atoms with Crippen LogP contribution in [-0.2, 0) is 4.74 Å². The van der Waals surface area contributed by atoms with Gasteiger partial charge in [0.05, 0.1) is 12.2 Å². The number of hydrogen-bond donors (Lipinski definition) is 1. The molecule has 4 nitrogen and oxygen atoms in total. The van der Waals surface area contributed by atoms with E-state index in [9.17, 15) is 9.18 Å². The Morgan fingerprint density at radius 1 is 1.58 bits per heavy atom. The highest BCUT2D eigenvalue weighted by atomic mass is 19.1. The summed E-state index contributed by atoms with van der Waals surface area (Å²) < 4.78 is 18.1. The molecule has 1 unspecified atom stereocenters. The summed E-state index contributed by atoms with van der Waals surface area (Å²) in [5.41, 5.74) is 6.28. The Kier molecular flexibility index (Phi) is 4.37. The van der Waals surface area contributed by atoms with Gasteiger partial charge in [-0.3, -0.25) is 4.79 Å². The van der Waals surface area contributed by atoms with Crippen LogP contribution in [0.4, 0.5) is 10.1 Å². The molecule has 1 heterocycles. The van der Waals surface area contributed by atoms with Gasteiger partial charge in [0, 0.05) is 25.9 Å². The van der Waals surface area contributed by atoms with Crippen LogP contribution in [0.3, 0.4) is 0 Å². The van der Waals surface area contributed by atoms with Gasteiger partial charge >= 0.3 is 0 Å². The topological polar surface area (TPSA) is 55.6 Å². The largest absolute Gasteiger partial charge is 0.398 e. The lowest BCUT2D eigenvalue weighted by Crippen LogP contribution is -2.41. The number of hydrogen-bond acceptors (Lipinski definition) is 3. The van der Waals surface area contributed by atoms with Crippen LogP contribution in [0.25, 0.3) is 0 Å². The minimum absolute atomic E-state index is 0.127. The number of benzene rings is 1. The van der Waals surface area contributed by atoms with Gasteiger partial charge in [0.1, 0.15) is 5.82 Å². The van der Waals surface area contributed by atoms with E-state index >= 15 is 0 Å². The van der Waals surface area contributed by atoms with Gasteiger partial charge in [0.15, 0.2) is 0 Å². The van der Waals surface area contributed by atoms with Crippen molar-refractivity contribution in [1.29, 1.82) is 0 Å². The summed E-state index contributed by atoms with van der Waals surface area (Å²) in [6.45, 7) is 2.04. The highest BCUT2D eigenvalue weighted by Gasteiger charge is 2.25. The van der Waals surface area contributed by atoms with Gasteiger partial charge in [-0.15, -0.1) is 0 Å². The number of amides is 1. The molecule has 1 saturated heterocycles. The molecule has 0 spiro atoms. The molecule has 5 heteroatoms. The van der Waals surface area contributed by atoms with Crippen LogP contribution in [0.1, 0.15) is 23.2 Å². The number of anilines is 1. The van der Waals surface area contributed by atoms with E-state index in [-0.39, 0.29) is 11.6 Å². The second-order valence-electron chi connectivity index (χ2n) is 4.95. The summed E-state index contributed by atoms with van der Waals surface area (Å²) in [7, 11) is 1.67. The minimum Gasteiger partial charge on any atom is -0.398 e. The smallest absolute Gasteiger partial charge is 0.255 e. The molecule has 0 saturated carbocycles. The zero-order chi connectivity index (χ0) is 13.8. The number of carbonyl (C=O) groups is 1. The SMILES string of the molecule is COCC1CCCN(C(=O)c2ccc(F)cc2N)C1. The molecule has 0 aliphatic carbocycles. The van der Waals surface area contributed by atoms with Crippen molar-refractivity contribution in [2.75, 3.05) is 32.5 Å². The maximum atomic E-state index is 13.0. The Bertz CT molecular complexity index is 463. The van der Waals surface area contributed by atoms with Crippen LogP contribution in [0, 0.1) is 11.7 Å². The summed E-state index contributed by atoms with van der Waals surface area (Å²) in [6.07, 6.45) is 2.03. The maximum absolute atomic E-state index is 13.0. The van der Waals surface area contributed by atoms with Gasteiger partial charge in [-0.05, 0) is 37.0 Å². The zero-order valence-electron chi connectivity index (χ0n) is 11.1. The molecule has 104 valence electrons. The van der Waals surface area contributed by atoms with Crippen LogP contribution in [0.2, 0.25) is 0 Å². The van der Waals surface area contributed by atoms with Crippen molar-refractivity contribution in [2.24, 2.45) is 5.92 Å². The Balaban J connectivity index is 2.10. The lowest BCUT2D eigenvalue weighted by molar-refractivity contribution is 0.0572.